The van der Waals surface area contributed by atoms with Crippen LogP contribution in [0.1, 0.15) is 50.7 Å². The van der Waals surface area contributed by atoms with Crippen molar-refractivity contribution in [2.45, 2.75) is 57.0 Å². The quantitative estimate of drug-likeness (QED) is 0.430. The van der Waals surface area contributed by atoms with Crippen molar-refractivity contribution in [1.29, 1.82) is 5.26 Å². The topological polar surface area (TPSA) is 102 Å². The molecule has 10 heteroatoms. The van der Waals surface area contributed by atoms with Gasteiger partial charge in [-0.25, -0.2) is 8.78 Å². The zero-order valence-electron chi connectivity index (χ0n) is 20.0. The van der Waals surface area contributed by atoms with Gasteiger partial charge in [-0.05, 0) is 42.0 Å². The Morgan fingerprint density at radius 1 is 1.25 bits per heavy atom. The van der Waals surface area contributed by atoms with Gasteiger partial charge in [-0.2, -0.15) is 5.26 Å². The van der Waals surface area contributed by atoms with Crippen LogP contribution >= 0.6 is 23.2 Å². The number of nitrogens with zero attached hydrogens (tertiary/aromatic N) is 1. The minimum atomic E-state index is -1.82. The van der Waals surface area contributed by atoms with Crippen LogP contribution in [0.25, 0.3) is 0 Å². The molecule has 1 fully saturated rings. The van der Waals surface area contributed by atoms with Crippen LogP contribution in [-0.4, -0.2) is 35.6 Å². The fourth-order valence-electron chi connectivity index (χ4n) is 5.16. The summed E-state index contributed by atoms with van der Waals surface area (Å²) in [6.07, 6.45) is 0.730. The predicted molar refractivity (Wildman–Crippen MR) is 133 cm³/mol. The van der Waals surface area contributed by atoms with Gasteiger partial charge in [0.25, 0.3) is 0 Å². The highest BCUT2D eigenvalue weighted by Crippen LogP contribution is 2.53. The highest BCUT2D eigenvalue weighted by molar-refractivity contribution is 6.31. The number of aliphatic carboxylic acids is 1. The summed E-state index contributed by atoms with van der Waals surface area (Å²) in [4.78, 5) is 23.7. The number of nitriles is 1. The molecule has 0 aliphatic carbocycles. The van der Waals surface area contributed by atoms with E-state index in [4.69, 9.17) is 23.2 Å². The lowest BCUT2D eigenvalue weighted by Crippen LogP contribution is -2.45. The SMILES string of the molecule is CC(=O)NCCC(C)(C)C[C@@H]1N[C@@H](C(=O)O)[C@H](c2cccc(Cl)c2F)[C@@]1(C#N)c1ccc(Cl)cc1F. The molecule has 2 aromatic carbocycles. The Hall–Kier alpha value is -2.73. The Labute approximate surface area is 218 Å². The van der Waals surface area contributed by atoms with Gasteiger partial charge in [0.2, 0.25) is 5.91 Å². The zero-order valence-corrected chi connectivity index (χ0v) is 21.6. The summed E-state index contributed by atoms with van der Waals surface area (Å²) >= 11 is 12.0. The number of carbonyl (C=O) groups is 2. The van der Waals surface area contributed by atoms with Gasteiger partial charge in [0.1, 0.15) is 23.1 Å². The van der Waals surface area contributed by atoms with Gasteiger partial charge in [0.05, 0.1) is 11.1 Å². The maximum absolute atomic E-state index is 15.5. The van der Waals surface area contributed by atoms with Crippen LogP contribution in [0, 0.1) is 28.4 Å². The number of benzene rings is 2. The molecule has 3 rings (SSSR count). The average molecular weight is 538 g/mol. The van der Waals surface area contributed by atoms with Crippen molar-refractivity contribution in [2.24, 2.45) is 5.41 Å². The van der Waals surface area contributed by atoms with Gasteiger partial charge in [-0.15, -0.1) is 0 Å². The van der Waals surface area contributed by atoms with E-state index in [1.807, 2.05) is 13.8 Å². The molecule has 0 aromatic heterocycles. The molecule has 1 heterocycles. The van der Waals surface area contributed by atoms with E-state index in [1.165, 1.54) is 37.3 Å². The number of rotatable bonds is 8. The summed E-state index contributed by atoms with van der Waals surface area (Å²) in [6.45, 7) is 5.57. The summed E-state index contributed by atoms with van der Waals surface area (Å²) in [7, 11) is 0. The first-order valence-corrected chi connectivity index (χ1v) is 12.1. The van der Waals surface area contributed by atoms with E-state index in [1.54, 1.807) is 0 Å². The Kier molecular flexibility index (Phi) is 8.29. The van der Waals surface area contributed by atoms with E-state index in [0.717, 1.165) is 6.07 Å². The van der Waals surface area contributed by atoms with E-state index < -0.39 is 46.4 Å². The van der Waals surface area contributed by atoms with Crippen LogP contribution < -0.4 is 10.6 Å². The van der Waals surface area contributed by atoms with Crippen molar-refractivity contribution < 1.29 is 23.5 Å². The Bertz CT molecular complexity index is 1220. The standard InChI is InChI=1S/C26H27Cl2F2N3O3/c1-14(34)32-10-9-25(2,3)12-20-26(13-31,17-8-7-15(27)11-19(17)29)21(23(33-20)24(35)36)16-5-4-6-18(28)22(16)30/h4-8,11,20-21,23,33H,9-10,12H2,1-3H3,(H,32,34)(H,35,36)/t20-,21-,23+,26-/m0/s1. The Balaban J connectivity index is 2.23. The van der Waals surface area contributed by atoms with Crippen molar-refractivity contribution in [3.63, 3.8) is 0 Å². The van der Waals surface area contributed by atoms with Crippen LogP contribution in [0.2, 0.25) is 10.0 Å². The molecule has 1 saturated heterocycles. The molecule has 0 saturated carbocycles. The molecule has 2 aromatic rings. The lowest BCUT2D eigenvalue weighted by molar-refractivity contribution is -0.139. The summed E-state index contributed by atoms with van der Waals surface area (Å²) < 4.78 is 30.8. The summed E-state index contributed by atoms with van der Waals surface area (Å²) in [5, 5.41) is 26.4. The second-order valence-corrected chi connectivity index (χ2v) is 10.7. The number of amides is 1. The monoisotopic (exact) mass is 537 g/mol. The van der Waals surface area contributed by atoms with E-state index in [0.29, 0.717) is 13.0 Å². The van der Waals surface area contributed by atoms with E-state index >= 15 is 8.78 Å². The number of hydrogen-bond donors (Lipinski definition) is 3. The zero-order chi connectivity index (χ0) is 26.8. The molecule has 36 heavy (non-hydrogen) atoms. The first kappa shape index (κ1) is 27.9. The largest absolute Gasteiger partial charge is 0.480 e. The van der Waals surface area contributed by atoms with Gasteiger partial charge in [-0.1, -0.05) is 55.2 Å². The van der Waals surface area contributed by atoms with Gasteiger partial charge >= 0.3 is 5.97 Å². The molecule has 1 amide bonds. The molecule has 1 aliphatic heterocycles. The van der Waals surface area contributed by atoms with Crippen molar-refractivity contribution in [3.8, 4) is 6.07 Å². The first-order chi connectivity index (χ1) is 16.8. The fraction of sp³-hybridized carbons (Fsp3) is 0.423. The van der Waals surface area contributed by atoms with Crippen molar-refractivity contribution in [1.82, 2.24) is 10.6 Å². The van der Waals surface area contributed by atoms with Crippen LogP contribution in [0.15, 0.2) is 36.4 Å². The van der Waals surface area contributed by atoms with Gasteiger partial charge in [-0.3, -0.25) is 14.9 Å². The lowest BCUT2D eigenvalue weighted by atomic mass is 9.62. The molecular weight excluding hydrogens is 511 g/mol. The van der Waals surface area contributed by atoms with Crippen molar-refractivity contribution in [3.05, 3.63) is 69.2 Å². The smallest absolute Gasteiger partial charge is 0.321 e. The summed E-state index contributed by atoms with van der Waals surface area (Å²) in [5.41, 5.74) is -2.53. The van der Waals surface area contributed by atoms with Crippen LogP contribution in [-0.2, 0) is 15.0 Å². The second-order valence-electron chi connectivity index (χ2n) is 9.86. The number of carboxylic acid groups (broad SMARTS) is 1. The second kappa shape index (κ2) is 10.7. The van der Waals surface area contributed by atoms with E-state index in [2.05, 4.69) is 16.7 Å². The van der Waals surface area contributed by atoms with Crippen molar-refractivity contribution >= 4 is 35.1 Å². The summed E-state index contributed by atoms with van der Waals surface area (Å²) in [5.74, 6) is -4.48. The summed E-state index contributed by atoms with van der Waals surface area (Å²) in [6, 6.07) is 7.85. The fourth-order valence-corrected chi connectivity index (χ4v) is 5.50. The molecule has 3 N–H and O–H groups in total. The molecular formula is C26H27Cl2F2N3O3. The van der Waals surface area contributed by atoms with E-state index in [-0.39, 0.29) is 33.5 Å². The third-order valence-electron chi connectivity index (χ3n) is 6.83. The van der Waals surface area contributed by atoms with Crippen LogP contribution in [0.5, 0.6) is 0 Å². The maximum Gasteiger partial charge on any atom is 0.321 e. The minimum absolute atomic E-state index is 0.0855. The van der Waals surface area contributed by atoms with Crippen LogP contribution in [0.3, 0.4) is 0 Å². The van der Waals surface area contributed by atoms with Crippen molar-refractivity contribution in [2.75, 3.05) is 6.54 Å². The maximum atomic E-state index is 15.5. The number of nitrogens with one attached hydrogen (secondary N) is 2. The molecule has 0 bridgehead atoms. The first-order valence-electron chi connectivity index (χ1n) is 11.4. The lowest BCUT2D eigenvalue weighted by Gasteiger charge is -2.38. The molecule has 192 valence electrons. The third-order valence-corrected chi connectivity index (χ3v) is 7.36. The Morgan fingerprint density at radius 3 is 2.53 bits per heavy atom. The molecule has 0 radical (unpaired) electrons. The minimum Gasteiger partial charge on any atom is -0.480 e. The van der Waals surface area contributed by atoms with E-state index in [9.17, 15) is 20.0 Å². The molecule has 0 unspecified atom stereocenters. The van der Waals surface area contributed by atoms with Gasteiger partial charge in [0.15, 0.2) is 0 Å². The number of carboxylic acids is 1. The molecule has 0 spiro atoms. The van der Waals surface area contributed by atoms with Gasteiger partial charge < -0.3 is 10.4 Å². The highest BCUT2D eigenvalue weighted by Gasteiger charge is 2.61. The molecule has 4 atom stereocenters. The number of carbonyl (C=O) groups excluding carboxylic acids is 1. The normalized spacial score (nSPS) is 23.8. The van der Waals surface area contributed by atoms with Crippen LogP contribution in [0.4, 0.5) is 8.78 Å². The highest BCUT2D eigenvalue weighted by atomic mass is 35.5. The number of halogens is 4. The molecule has 6 nitrogen and oxygen atoms in total. The molecule has 1 aliphatic rings. The number of hydrogen-bond acceptors (Lipinski definition) is 4. The third kappa shape index (κ3) is 5.34. The predicted octanol–water partition coefficient (Wildman–Crippen LogP) is 5.18. The van der Waals surface area contributed by atoms with Gasteiger partial charge in [0, 0.05) is 36.0 Å². The Morgan fingerprint density at radius 2 is 1.94 bits per heavy atom. The average Bonchev–Trinajstić information content (AvgIpc) is 3.09.